The zero-order valence-corrected chi connectivity index (χ0v) is 10.3. The molecule has 1 amide bonds. The van der Waals surface area contributed by atoms with Gasteiger partial charge in [-0.1, -0.05) is 0 Å². The highest BCUT2D eigenvalue weighted by molar-refractivity contribution is 14.1. The van der Waals surface area contributed by atoms with E-state index in [0.717, 1.165) is 3.57 Å². The van der Waals surface area contributed by atoms with E-state index in [1.54, 1.807) is 6.07 Å². The van der Waals surface area contributed by atoms with Gasteiger partial charge >= 0.3 is 0 Å². The Balaban J connectivity index is 2.03. The predicted molar refractivity (Wildman–Crippen MR) is 64.2 cm³/mol. The Kier molecular flexibility index (Phi) is 3.23. The lowest BCUT2D eigenvalue weighted by atomic mass is 10.2. The summed E-state index contributed by atoms with van der Waals surface area (Å²) in [7, 11) is 0. The second-order valence-electron chi connectivity index (χ2n) is 3.78. The fourth-order valence-corrected chi connectivity index (χ4v) is 1.78. The van der Waals surface area contributed by atoms with Crippen LogP contribution in [0, 0.1) is 15.3 Å². The van der Waals surface area contributed by atoms with Crippen LogP contribution in [-0.4, -0.2) is 12.5 Å². The Bertz CT molecular complexity index is 390. The quantitative estimate of drug-likeness (QED) is 0.853. The summed E-state index contributed by atoms with van der Waals surface area (Å²) in [6.07, 6.45) is 2.35. The first-order chi connectivity index (χ1) is 7.16. The second-order valence-corrected chi connectivity index (χ2v) is 5.02. The molecule has 0 aromatic heterocycles. The van der Waals surface area contributed by atoms with Crippen molar-refractivity contribution in [2.45, 2.75) is 12.8 Å². The van der Waals surface area contributed by atoms with Gasteiger partial charge in [-0.25, -0.2) is 4.39 Å². The van der Waals surface area contributed by atoms with Crippen molar-refractivity contribution in [1.82, 2.24) is 5.32 Å². The molecule has 2 nitrogen and oxygen atoms in total. The van der Waals surface area contributed by atoms with Gasteiger partial charge in [0.25, 0.3) is 5.91 Å². The van der Waals surface area contributed by atoms with E-state index < -0.39 is 5.82 Å². The molecule has 4 heteroatoms. The fourth-order valence-electron chi connectivity index (χ4n) is 1.33. The monoisotopic (exact) mass is 319 g/mol. The lowest BCUT2D eigenvalue weighted by Gasteiger charge is -2.05. The molecule has 1 aromatic carbocycles. The van der Waals surface area contributed by atoms with Crippen LogP contribution in [0.3, 0.4) is 0 Å². The number of hydrogen-bond donors (Lipinski definition) is 1. The van der Waals surface area contributed by atoms with Crippen LogP contribution in [0.1, 0.15) is 23.2 Å². The number of carbonyl (C=O) groups excluding carboxylic acids is 1. The minimum absolute atomic E-state index is 0.135. The summed E-state index contributed by atoms with van der Waals surface area (Å²) in [4.78, 5) is 11.6. The number of rotatable bonds is 3. The highest BCUT2D eigenvalue weighted by atomic mass is 127. The molecule has 1 aliphatic rings. The van der Waals surface area contributed by atoms with Crippen molar-refractivity contribution in [2.24, 2.45) is 5.92 Å². The normalized spacial score (nSPS) is 15.1. The van der Waals surface area contributed by atoms with Crippen LogP contribution in [-0.2, 0) is 0 Å². The highest BCUT2D eigenvalue weighted by Gasteiger charge is 2.22. The number of hydrogen-bond acceptors (Lipinski definition) is 1. The maximum Gasteiger partial charge on any atom is 0.254 e. The van der Waals surface area contributed by atoms with E-state index in [9.17, 15) is 9.18 Å². The molecule has 1 fully saturated rings. The van der Waals surface area contributed by atoms with E-state index in [0.29, 0.717) is 12.5 Å². The zero-order valence-electron chi connectivity index (χ0n) is 8.09. The molecule has 1 N–H and O–H groups in total. The number of nitrogens with one attached hydrogen (secondary N) is 1. The minimum atomic E-state index is -0.449. The predicted octanol–water partition coefficient (Wildman–Crippen LogP) is 2.57. The smallest absolute Gasteiger partial charge is 0.254 e. The van der Waals surface area contributed by atoms with Crippen LogP contribution in [0.4, 0.5) is 4.39 Å². The molecule has 0 aliphatic heterocycles. The summed E-state index contributed by atoms with van der Waals surface area (Å²) in [6, 6.07) is 4.63. The molecule has 0 radical (unpaired) electrons. The van der Waals surface area contributed by atoms with Gasteiger partial charge in [-0.3, -0.25) is 4.79 Å². The van der Waals surface area contributed by atoms with Crippen LogP contribution in [0.25, 0.3) is 0 Å². The maximum absolute atomic E-state index is 13.4. The van der Waals surface area contributed by atoms with Gasteiger partial charge in [0, 0.05) is 10.1 Å². The van der Waals surface area contributed by atoms with Crippen LogP contribution in [0.2, 0.25) is 0 Å². The number of benzene rings is 1. The van der Waals surface area contributed by atoms with Gasteiger partial charge in [0.05, 0.1) is 5.56 Å². The van der Waals surface area contributed by atoms with Gasteiger partial charge in [-0.2, -0.15) is 0 Å². The summed E-state index contributed by atoms with van der Waals surface area (Å²) in [6.45, 7) is 0.671. The van der Waals surface area contributed by atoms with Crippen molar-refractivity contribution >= 4 is 28.5 Å². The number of carbonyl (C=O) groups is 1. The van der Waals surface area contributed by atoms with Crippen molar-refractivity contribution in [2.75, 3.05) is 6.54 Å². The number of amides is 1. The summed E-state index contributed by atoms with van der Waals surface area (Å²) < 4.78 is 14.2. The minimum Gasteiger partial charge on any atom is -0.352 e. The molecule has 2 rings (SSSR count). The topological polar surface area (TPSA) is 29.1 Å². The molecule has 0 bridgehead atoms. The molecule has 1 aromatic rings. The van der Waals surface area contributed by atoms with E-state index in [1.165, 1.54) is 25.0 Å². The van der Waals surface area contributed by atoms with Gasteiger partial charge in [-0.05, 0) is 59.5 Å². The molecule has 0 saturated heterocycles. The molecule has 0 heterocycles. The van der Waals surface area contributed by atoms with Crippen molar-refractivity contribution < 1.29 is 9.18 Å². The molecule has 0 atom stereocenters. The van der Waals surface area contributed by atoms with E-state index in [-0.39, 0.29) is 11.5 Å². The Hall–Kier alpha value is -0.650. The van der Waals surface area contributed by atoms with Crippen LogP contribution >= 0.6 is 22.6 Å². The first-order valence-corrected chi connectivity index (χ1v) is 5.98. The SMILES string of the molecule is O=C(NCC1CC1)c1ccc(I)cc1F. The first kappa shape index (κ1) is 10.9. The zero-order chi connectivity index (χ0) is 10.8. The third-order valence-electron chi connectivity index (χ3n) is 2.42. The van der Waals surface area contributed by atoms with Crippen molar-refractivity contribution in [3.63, 3.8) is 0 Å². The van der Waals surface area contributed by atoms with E-state index in [1.807, 2.05) is 22.6 Å². The lowest BCUT2D eigenvalue weighted by molar-refractivity contribution is 0.0948. The summed E-state index contributed by atoms with van der Waals surface area (Å²) >= 11 is 2.02. The fraction of sp³-hybridized carbons (Fsp3) is 0.364. The first-order valence-electron chi connectivity index (χ1n) is 4.90. The lowest BCUT2D eigenvalue weighted by Crippen LogP contribution is -2.26. The molecule has 0 unspecified atom stereocenters. The Morgan fingerprint density at radius 1 is 1.53 bits per heavy atom. The highest BCUT2D eigenvalue weighted by Crippen LogP contribution is 2.27. The Morgan fingerprint density at radius 2 is 2.27 bits per heavy atom. The van der Waals surface area contributed by atoms with Gasteiger partial charge in [0.2, 0.25) is 0 Å². The van der Waals surface area contributed by atoms with E-state index in [2.05, 4.69) is 5.32 Å². The Labute approximate surface area is 101 Å². The molecular formula is C11H11FINO. The third kappa shape index (κ3) is 2.90. The van der Waals surface area contributed by atoms with Crippen LogP contribution < -0.4 is 5.32 Å². The molecule has 15 heavy (non-hydrogen) atoms. The van der Waals surface area contributed by atoms with Gasteiger partial charge < -0.3 is 5.32 Å². The van der Waals surface area contributed by atoms with Crippen LogP contribution in [0.5, 0.6) is 0 Å². The van der Waals surface area contributed by atoms with Crippen molar-refractivity contribution in [1.29, 1.82) is 0 Å². The van der Waals surface area contributed by atoms with Gasteiger partial charge in [0.15, 0.2) is 0 Å². The summed E-state index contributed by atoms with van der Waals surface area (Å²) in [5.74, 6) is -0.146. The summed E-state index contributed by atoms with van der Waals surface area (Å²) in [5.41, 5.74) is 0.135. The molecule has 1 aliphatic carbocycles. The largest absolute Gasteiger partial charge is 0.352 e. The third-order valence-corrected chi connectivity index (χ3v) is 3.09. The van der Waals surface area contributed by atoms with Gasteiger partial charge in [0.1, 0.15) is 5.82 Å². The standard InChI is InChI=1S/C11H11FINO/c12-10-5-8(13)3-4-9(10)11(15)14-6-7-1-2-7/h3-5,7H,1-2,6H2,(H,14,15). The van der Waals surface area contributed by atoms with E-state index >= 15 is 0 Å². The average molecular weight is 319 g/mol. The molecule has 80 valence electrons. The van der Waals surface area contributed by atoms with Crippen molar-refractivity contribution in [3.8, 4) is 0 Å². The van der Waals surface area contributed by atoms with Crippen molar-refractivity contribution in [3.05, 3.63) is 33.1 Å². The van der Waals surface area contributed by atoms with E-state index in [4.69, 9.17) is 0 Å². The summed E-state index contributed by atoms with van der Waals surface area (Å²) in [5, 5.41) is 2.74. The van der Waals surface area contributed by atoms with Gasteiger partial charge in [-0.15, -0.1) is 0 Å². The average Bonchev–Trinajstić information content (AvgIpc) is 2.97. The van der Waals surface area contributed by atoms with Crippen LogP contribution in [0.15, 0.2) is 18.2 Å². The second kappa shape index (κ2) is 4.47. The molecule has 1 saturated carbocycles. The maximum atomic E-state index is 13.4. The molecular weight excluding hydrogens is 308 g/mol. The Morgan fingerprint density at radius 3 is 2.87 bits per heavy atom. The molecule has 0 spiro atoms. The number of halogens is 2.